The lowest BCUT2D eigenvalue weighted by Gasteiger charge is -2.22. The number of carbonyl (C=O) groups excluding carboxylic acids is 4. The Morgan fingerprint density at radius 1 is 0.972 bits per heavy atom. The van der Waals surface area contributed by atoms with Gasteiger partial charge < -0.3 is 30.8 Å². The molecule has 0 saturated carbocycles. The van der Waals surface area contributed by atoms with Crippen LogP contribution in [0.3, 0.4) is 0 Å². The van der Waals surface area contributed by atoms with E-state index in [0.717, 1.165) is 16.5 Å². The maximum absolute atomic E-state index is 13.1. The van der Waals surface area contributed by atoms with Crippen LogP contribution in [-0.2, 0) is 20.8 Å². The molecule has 0 bridgehead atoms. The summed E-state index contributed by atoms with van der Waals surface area (Å²) >= 11 is 0. The van der Waals surface area contributed by atoms with Crippen LogP contribution in [0.5, 0.6) is 0 Å². The monoisotopic (exact) mass is 492 g/mol. The summed E-state index contributed by atoms with van der Waals surface area (Å²) in [6.07, 6.45) is 5.00. The topological polar surface area (TPSA) is 139 Å². The lowest BCUT2D eigenvalue weighted by molar-refractivity contribution is -0.131. The van der Waals surface area contributed by atoms with Crippen molar-refractivity contribution in [2.45, 2.75) is 44.7 Å². The van der Waals surface area contributed by atoms with Gasteiger partial charge in [-0.1, -0.05) is 18.2 Å². The summed E-state index contributed by atoms with van der Waals surface area (Å²) in [5.41, 5.74) is 2.33. The summed E-state index contributed by atoms with van der Waals surface area (Å²) in [6, 6.07) is 9.60. The number of nitrogens with zero attached hydrogens (tertiary/aromatic N) is 1. The van der Waals surface area contributed by atoms with Gasteiger partial charge in [-0.15, -0.1) is 0 Å². The molecule has 3 heterocycles. The second-order valence-electron chi connectivity index (χ2n) is 9.04. The summed E-state index contributed by atoms with van der Waals surface area (Å²) in [6.45, 7) is 2.76. The van der Waals surface area contributed by atoms with Crippen LogP contribution < -0.4 is 16.0 Å². The lowest BCUT2D eigenvalue weighted by atomic mass is 10.0. The van der Waals surface area contributed by atoms with Gasteiger partial charge in [0.05, 0.1) is 0 Å². The Labute approximate surface area is 209 Å². The van der Waals surface area contributed by atoms with Crippen LogP contribution in [0.4, 0.5) is 0 Å². The van der Waals surface area contributed by atoms with Crippen molar-refractivity contribution in [1.82, 2.24) is 30.8 Å². The molecule has 4 rings (SSSR count). The van der Waals surface area contributed by atoms with Gasteiger partial charge in [0.2, 0.25) is 17.7 Å². The smallest absolute Gasteiger partial charge is 0.270 e. The molecule has 2 atom stereocenters. The van der Waals surface area contributed by atoms with Gasteiger partial charge >= 0.3 is 0 Å². The first kappa shape index (κ1) is 25.0. The maximum Gasteiger partial charge on any atom is 0.270 e. The fourth-order valence-corrected chi connectivity index (χ4v) is 4.39. The summed E-state index contributed by atoms with van der Waals surface area (Å²) in [7, 11) is 0. The minimum atomic E-state index is -0.821. The molecule has 1 aromatic carbocycles. The highest BCUT2D eigenvalue weighted by Crippen LogP contribution is 2.19. The molecule has 0 aliphatic carbocycles. The number of benzene rings is 1. The predicted molar refractivity (Wildman–Crippen MR) is 135 cm³/mol. The Hall–Kier alpha value is -4.08. The van der Waals surface area contributed by atoms with Crippen LogP contribution in [0, 0.1) is 0 Å². The van der Waals surface area contributed by atoms with Crippen molar-refractivity contribution >= 4 is 34.5 Å². The molecule has 0 radical (unpaired) electrons. The highest BCUT2D eigenvalue weighted by atomic mass is 16.2. The quantitative estimate of drug-likeness (QED) is 0.378. The number of hydrogen-bond acceptors (Lipinski definition) is 4. The average Bonchev–Trinajstić information content (AvgIpc) is 3.54. The molecule has 4 amide bonds. The standard InChI is InChI=1S/C26H32N6O4/c1-17-24(34)31-22(15-18-16-29-20-8-3-2-7-19(18)20)25(35)28-12-6-14-32(13-5-10-23(33)30-17)26(36)21-9-4-11-27-21/h2-4,7-9,11,16-17,22,27,29H,5-6,10,12-15H2,1H3,(H,28,35)(H,30,33)(H,31,34)/t17-,22+/m0/s1. The summed E-state index contributed by atoms with van der Waals surface area (Å²) in [4.78, 5) is 59.1. The molecule has 0 unspecified atom stereocenters. The molecule has 10 nitrogen and oxygen atoms in total. The zero-order chi connectivity index (χ0) is 25.5. The van der Waals surface area contributed by atoms with Crippen molar-refractivity contribution in [3.63, 3.8) is 0 Å². The summed E-state index contributed by atoms with van der Waals surface area (Å²) < 4.78 is 0. The van der Waals surface area contributed by atoms with Gasteiger partial charge in [0.1, 0.15) is 17.8 Å². The highest BCUT2D eigenvalue weighted by molar-refractivity contribution is 5.93. The van der Waals surface area contributed by atoms with E-state index in [0.29, 0.717) is 44.6 Å². The van der Waals surface area contributed by atoms with Gasteiger partial charge in [-0.05, 0) is 43.5 Å². The Balaban J connectivity index is 1.50. The van der Waals surface area contributed by atoms with Crippen LogP contribution >= 0.6 is 0 Å². The first-order chi connectivity index (χ1) is 17.4. The second kappa shape index (κ2) is 11.6. The zero-order valence-electron chi connectivity index (χ0n) is 20.3. The molecule has 1 fully saturated rings. The molecule has 2 aromatic heterocycles. The molecular weight excluding hydrogens is 460 g/mol. The second-order valence-corrected chi connectivity index (χ2v) is 9.04. The summed E-state index contributed by atoms with van der Waals surface area (Å²) in [5.74, 6) is -1.18. The zero-order valence-corrected chi connectivity index (χ0v) is 20.3. The molecule has 0 spiro atoms. The molecule has 190 valence electrons. The first-order valence-electron chi connectivity index (χ1n) is 12.3. The number of para-hydroxylation sites is 1. The van der Waals surface area contributed by atoms with E-state index in [1.165, 1.54) is 0 Å². The van der Waals surface area contributed by atoms with Gasteiger partial charge in [0, 0.05) is 55.8 Å². The number of rotatable bonds is 3. The van der Waals surface area contributed by atoms with Gasteiger partial charge in [0.15, 0.2) is 0 Å². The van der Waals surface area contributed by atoms with E-state index in [9.17, 15) is 19.2 Å². The van der Waals surface area contributed by atoms with Gasteiger partial charge in [-0.2, -0.15) is 0 Å². The Morgan fingerprint density at radius 3 is 2.58 bits per heavy atom. The number of carbonyl (C=O) groups is 4. The third kappa shape index (κ3) is 6.12. The Kier molecular flexibility index (Phi) is 8.04. The molecule has 3 aromatic rings. The van der Waals surface area contributed by atoms with E-state index in [1.54, 1.807) is 30.2 Å². The van der Waals surface area contributed by atoms with Crippen LogP contribution in [0.15, 0.2) is 48.8 Å². The van der Waals surface area contributed by atoms with Crippen LogP contribution in [0.2, 0.25) is 0 Å². The first-order valence-corrected chi connectivity index (χ1v) is 12.3. The molecule has 36 heavy (non-hydrogen) atoms. The number of fused-ring (bicyclic) bond motifs is 1. The number of nitrogens with one attached hydrogen (secondary N) is 5. The highest BCUT2D eigenvalue weighted by Gasteiger charge is 2.26. The van der Waals surface area contributed by atoms with Crippen molar-refractivity contribution in [2.24, 2.45) is 0 Å². The van der Waals surface area contributed by atoms with Crippen LogP contribution in [-0.4, -0.2) is 70.2 Å². The van der Waals surface area contributed by atoms with Crippen LogP contribution in [0.1, 0.15) is 42.2 Å². The molecule has 1 aliphatic heterocycles. The normalized spacial score (nSPS) is 20.7. The SMILES string of the molecule is C[C@@H]1NC(=O)CCCN(C(=O)c2ccc[nH]2)CCCNC(=O)[C@@H](Cc2c[nH]c3ccccc23)NC1=O. The molecule has 5 N–H and O–H groups in total. The van der Waals surface area contributed by atoms with Crippen molar-refractivity contribution in [1.29, 1.82) is 0 Å². The van der Waals surface area contributed by atoms with Crippen LogP contribution in [0.25, 0.3) is 10.9 Å². The van der Waals surface area contributed by atoms with Crippen molar-refractivity contribution in [2.75, 3.05) is 19.6 Å². The number of H-pyrrole nitrogens is 2. The van der Waals surface area contributed by atoms with Gasteiger partial charge in [0.25, 0.3) is 5.91 Å². The minimum Gasteiger partial charge on any atom is -0.361 e. The molecule has 10 heteroatoms. The number of hydrogen-bond donors (Lipinski definition) is 5. The fourth-order valence-electron chi connectivity index (χ4n) is 4.39. The van der Waals surface area contributed by atoms with Gasteiger partial charge in [-0.3, -0.25) is 19.2 Å². The molecular formula is C26H32N6O4. The average molecular weight is 493 g/mol. The third-order valence-electron chi connectivity index (χ3n) is 6.35. The van der Waals surface area contributed by atoms with Gasteiger partial charge in [-0.25, -0.2) is 0 Å². The third-order valence-corrected chi connectivity index (χ3v) is 6.35. The largest absolute Gasteiger partial charge is 0.361 e. The summed E-state index contributed by atoms with van der Waals surface area (Å²) in [5, 5.41) is 9.39. The van der Waals surface area contributed by atoms with E-state index in [4.69, 9.17) is 0 Å². The predicted octanol–water partition coefficient (Wildman–Crippen LogP) is 1.47. The van der Waals surface area contributed by atoms with Crippen molar-refractivity contribution in [3.8, 4) is 0 Å². The minimum absolute atomic E-state index is 0.154. The molecule has 1 aliphatic rings. The maximum atomic E-state index is 13.1. The van der Waals surface area contributed by atoms with E-state index < -0.39 is 18.0 Å². The lowest BCUT2D eigenvalue weighted by Crippen LogP contribution is -2.53. The van der Waals surface area contributed by atoms with Crippen molar-refractivity contribution < 1.29 is 19.2 Å². The van der Waals surface area contributed by atoms with Crippen molar-refractivity contribution in [3.05, 3.63) is 60.0 Å². The van der Waals surface area contributed by atoms with E-state index in [2.05, 4.69) is 25.9 Å². The number of aromatic nitrogens is 2. The Bertz CT molecular complexity index is 1220. The fraction of sp³-hybridized carbons (Fsp3) is 0.385. The number of aromatic amines is 2. The Morgan fingerprint density at radius 2 is 1.78 bits per heavy atom. The van der Waals surface area contributed by atoms with E-state index >= 15 is 0 Å². The van der Waals surface area contributed by atoms with E-state index in [1.807, 2.05) is 30.5 Å². The number of amides is 4. The molecule has 1 saturated heterocycles. The van der Waals surface area contributed by atoms with E-state index in [-0.39, 0.29) is 24.1 Å².